The minimum Gasteiger partial charge on any atom is -0.495 e. The smallest absolute Gasteiger partial charge is 0.258 e. The zero-order chi connectivity index (χ0) is 24.5. The number of hydrogen-bond donors (Lipinski definition) is 1. The number of ether oxygens (including phenoxy) is 4. The number of ketones is 1. The van der Waals surface area contributed by atoms with Gasteiger partial charge in [-0.2, -0.15) is 10.2 Å². The van der Waals surface area contributed by atoms with Gasteiger partial charge < -0.3 is 24.3 Å². The summed E-state index contributed by atoms with van der Waals surface area (Å²) >= 11 is 12.5. The summed E-state index contributed by atoms with van der Waals surface area (Å²) in [5.74, 6) is 0.163. The van der Waals surface area contributed by atoms with E-state index in [2.05, 4.69) is 15.5 Å². The van der Waals surface area contributed by atoms with Gasteiger partial charge >= 0.3 is 0 Å². The monoisotopic (exact) mass is 497 g/mol. The van der Waals surface area contributed by atoms with Crippen molar-refractivity contribution in [3.05, 3.63) is 34.3 Å². The van der Waals surface area contributed by atoms with Crippen LogP contribution >= 0.6 is 23.2 Å². The standard InChI is InChI=1S/C22H25Cl2N3O6/c1-6-32-17-10-13(23)15(11-18(17)33-7-2)26-27-20(12(3)28)22(29)25-14-8-9-16(30-4)19(24)21(14)31-5/h8-11,20H,6-7H2,1-5H3,(H,25,29). The van der Waals surface area contributed by atoms with E-state index in [9.17, 15) is 9.59 Å². The number of anilines is 1. The average Bonchev–Trinajstić information content (AvgIpc) is 2.77. The van der Waals surface area contributed by atoms with Crippen molar-refractivity contribution in [2.75, 3.05) is 32.8 Å². The number of rotatable bonds is 11. The first-order chi connectivity index (χ1) is 15.8. The molecule has 0 saturated heterocycles. The number of hydrogen-bond acceptors (Lipinski definition) is 8. The minimum atomic E-state index is -1.44. The summed E-state index contributed by atoms with van der Waals surface area (Å²) in [5, 5.41) is 10.9. The minimum absolute atomic E-state index is 0.170. The van der Waals surface area contributed by atoms with Crippen LogP contribution in [0.4, 0.5) is 11.4 Å². The highest BCUT2D eigenvalue weighted by molar-refractivity contribution is 6.34. The van der Waals surface area contributed by atoms with Gasteiger partial charge in [0.25, 0.3) is 5.91 Å². The number of benzene rings is 2. The Hall–Kier alpha value is -3.04. The number of nitrogens with one attached hydrogen (secondary N) is 1. The Labute approximate surface area is 202 Å². The van der Waals surface area contributed by atoms with Crippen LogP contribution in [0.1, 0.15) is 20.8 Å². The van der Waals surface area contributed by atoms with Gasteiger partial charge in [-0.05, 0) is 32.9 Å². The summed E-state index contributed by atoms with van der Waals surface area (Å²) < 4.78 is 21.5. The Bertz CT molecular complexity index is 1050. The van der Waals surface area contributed by atoms with E-state index in [0.29, 0.717) is 30.5 Å². The highest BCUT2D eigenvalue weighted by Gasteiger charge is 2.25. The van der Waals surface area contributed by atoms with Crippen LogP contribution in [0.5, 0.6) is 23.0 Å². The number of nitrogens with zero attached hydrogens (tertiary/aromatic N) is 2. The van der Waals surface area contributed by atoms with E-state index in [-0.39, 0.29) is 27.2 Å². The maximum Gasteiger partial charge on any atom is 0.258 e. The third-order valence-electron chi connectivity index (χ3n) is 4.27. The molecule has 0 aliphatic heterocycles. The van der Waals surface area contributed by atoms with E-state index in [1.807, 2.05) is 13.8 Å². The molecule has 1 atom stereocenters. The molecule has 33 heavy (non-hydrogen) atoms. The molecule has 1 N–H and O–H groups in total. The molecule has 2 aromatic carbocycles. The Morgan fingerprint density at radius 3 is 2.18 bits per heavy atom. The fraction of sp³-hybridized carbons (Fsp3) is 0.364. The van der Waals surface area contributed by atoms with E-state index in [1.165, 1.54) is 39.3 Å². The largest absolute Gasteiger partial charge is 0.495 e. The van der Waals surface area contributed by atoms with E-state index < -0.39 is 17.7 Å². The number of carbonyl (C=O) groups excluding carboxylic acids is 2. The fourth-order valence-corrected chi connectivity index (χ4v) is 3.28. The Balaban J connectivity index is 2.33. The number of carbonyl (C=O) groups is 2. The molecule has 0 aliphatic rings. The van der Waals surface area contributed by atoms with Crippen molar-refractivity contribution in [3.8, 4) is 23.0 Å². The predicted molar refractivity (Wildman–Crippen MR) is 126 cm³/mol. The molecule has 0 heterocycles. The molecule has 0 bridgehead atoms. The molecule has 9 nitrogen and oxygen atoms in total. The highest BCUT2D eigenvalue weighted by Crippen LogP contribution is 2.40. The number of amides is 1. The van der Waals surface area contributed by atoms with Crippen LogP contribution in [0, 0.1) is 0 Å². The molecule has 0 aromatic heterocycles. The van der Waals surface area contributed by atoms with Crippen LogP contribution in [0.25, 0.3) is 0 Å². The number of methoxy groups -OCH3 is 2. The van der Waals surface area contributed by atoms with E-state index >= 15 is 0 Å². The molecule has 0 aliphatic carbocycles. The summed E-state index contributed by atoms with van der Waals surface area (Å²) in [6, 6.07) is 4.72. The van der Waals surface area contributed by atoms with Crippen LogP contribution in [0.3, 0.4) is 0 Å². The molecule has 0 fully saturated rings. The normalized spacial score (nSPS) is 11.7. The molecular formula is C22H25Cl2N3O6. The maximum absolute atomic E-state index is 12.8. The second-order valence-corrected chi connectivity index (χ2v) is 7.28. The third-order valence-corrected chi connectivity index (χ3v) is 4.93. The van der Waals surface area contributed by atoms with Crippen LogP contribution in [-0.2, 0) is 9.59 Å². The first-order valence-electron chi connectivity index (χ1n) is 9.99. The highest BCUT2D eigenvalue weighted by atomic mass is 35.5. The summed E-state index contributed by atoms with van der Waals surface area (Å²) in [6.07, 6.45) is 0. The number of halogens is 2. The summed E-state index contributed by atoms with van der Waals surface area (Å²) in [4.78, 5) is 25.0. The van der Waals surface area contributed by atoms with Crippen molar-refractivity contribution in [1.29, 1.82) is 0 Å². The van der Waals surface area contributed by atoms with Gasteiger partial charge in [-0.25, -0.2) is 0 Å². The fourth-order valence-electron chi connectivity index (χ4n) is 2.77. The molecular weight excluding hydrogens is 473 g/mol. The van der Waals surface area contributed by atoms with Gasteiger partial charge in [0.1, 0.15) is 16.5 Å². The second kappa shape index (κ2) is 12.3. The van der Waals surface area contributed by atoms with Crippen LogP contribution in [0.15, 0.2) is 34.5 Å². The van der Waals surface area contributed by atoms with Gasteiger partial charge in [-0.15, -0.1) is 0 Å². The zero-order valence-corrected chi connectivity index (χ0v) is 20.4. The van der Waals surface area contributed by atoms with E-state index in [1.54, 1.807) is 6.07 Å². The molecule has 2 rings (SSSR count). The van der Waals surface area contributed by atoms with Crippen LogP contribution in [-0.4, -0.2) is 45.2 Å². The Kier molecular flexibility index (Phi) is 9.74. The van der Waals surface area contributed by atoms with Crippen molar-refractivity contribution in [2.45, 2.75) is 26.8 Å². The van der Waals surface area contributed by atoms with Crippen molar-refractivity contribution < 1.29 is 28.5 Å². The predicted octanol–water partition coefficient (Wildman–Crippen LogP) is 5.49. The molecule has 0 radical (unpaired) electrons. The summed E-state index contributed by atoms with van der Waals surface area (Å²) in [7, 11) is 2.84. The Morgan fingerprint density at radius 2 is 1.64 bits per heavy atom. The first kappa shape index (κ1) is 26.2. The first-order valence-corrected chi connectivity index (χ1v) is 10.7. The van der Waals surface area contributed by atoms with Crippen molar-refractivity contribution >= 4 is 46.3 Å². The quantitative estimate of drug-likeness (QED) is 0.324. The van der Waals surface area contributed by atoms with Crippen LogP contribution < -0.4 is 24.3 Å². The lowest BCUT2D eigenvalue weighted by atomic mass is 10.2. The van der Waals surface area contributed by atoms with E-state index in [4.69, 9.17) is 42.1 Å². The van der Waals surface area contributed by atoms with Crippen molar-refractivity contribution in [2.24, 2.45) is 10.2 Å². The van der Waals surface area contributed by atoms with Crippen molar-refractivity contribution in [3.63, 3.8) is 0 Å². The average molecular weight is 498 g/mol. The Morgan fingerprint density at radius 1 is 1.00 bits per heavy atom. The lowest BCUT2D eigenvalue weighted by molar-refractivity contribution is -0.126. The molecule has 0 spiro atoms. The van der Waals surface area contributed by atoms with Crippen LogP contribution in [0.2, 0.25) is 10.0 Å². The van der Waals surface area contributed by atoms with Gasteiger partial charge in [0, 0.05) is 12.1 Å². The van der Waals surface area contributed by atoms with Gasteiger partial charge in [0.15, 0.2) is 23.0 Å². The molecule has 11 heteroatoms. The summed E-state index contributed by atoms with van der Waals surface area (Å²) in [5.41, 5.74) is 0.458. The SMILES string of the molecule is CCOc1cc(Cl)c(N=NC(C(C)=O)C(=O)Nc2ccc(OC)c(Cl)c2OC)cc1OCC. The van der Waals surface area contributed by atoms with Gasteiger partial charge in [-0.1, -0.05) is 23.2 Å². The van der Waals surface area contributed by atoms with Gasteiger partial charge in [-0.3, -0.25) is 9.59 Å². The number of azo groups is 1. The molecule has 1 amide bonds. The lowest BCUT2D eigenvalue weighted by Crippen LogP contribution is -2.32. The summed E-state index contributed by atoms with van der Waals surface area (Å²) in [6.45, 7) is 5.69. The molecule has 2 aromatic rings. The topological polar surface area (TPSA) is 108 Å². The lowest BCUT2D eigenvalue weighted by Gasteiger charge is -2.15. The third kappa shape index (κ3) is 6.49. The second-order valence-electron chi connectivity index (χ2n) is 6.50. The molecule has 1 unspecified atom stereocenters. The van der Waals surface area contributed by atoms with Gasteiger partial charge in [0.05, 0.1) is 38.1 Å². The maximum atomic E-state index is 12.8. The number of Topliss-reactive ketones (excluding diaryl/α,β-unsaturated/α-hetero) is 1. The molecule has 178 valence electrons. The van der Waals surface area contributed by atoms with Gasteiger partial charge in [0.2, 0.25) is 6.04 Å². The van der Waals surface area contributed by atoms with Crippen molar-refractivity contribution in [1.82, 2.24) is 0 Å². The molecule has 0 saturated carbocycles. The van der Waals surface area contributed by atoms with E-state index in [0.717, 1.165) is 0 Å². The zero-order valence-electron chi connectivity index (χ0n) is 18.9.